The number of rotatable bonds is 2. The highest BCUT2D eigenvalue weighted by molar-refractivity contribution is 5.86. The fourth-order valence-electron chi connectivity index (χ4n) is 2.18. The van der Waals surface area contributed by atoms with Gasteiger partial charge in [0, 0.05) is 32.2 Å². The van der Waals surface area contributed by atoms with Gasteiger partial charge in [-0.3, -0.25) is 9.69 Å². The molecule has 0 aromatic heterocycles. The molecule has 0 bridgehead atoms. The van der Waals surface area contributed by atoms with Gasteiger partial charge in [-0.15, -0.1) is 0 Å². The average molecular weight is 265 g/mol. The molecule has 0 aromatic carbocycles. The van der Waals surface area contributed by atoms with Crippen LogP contribution in [-0.4, -0.2) is 59.6 Å². The summed E-state index contributed by atoms with van der Waals surface area (Å²) in [6.07, 6.45) is -2.39. The quantitative estimate of drug-likeness (QED) is 0.794. The van der Waals surface area contributed by atoms with Crippen molar-refractivity contribution in [2.45, 2.75) is 37.5 Å². The molecular formula is C11H18F3N3O. The van der Waals surface area contributed by atoms with E-state index in [-0.39, 0.29) is 0 Å². The first-order chi connectivity index (χ1) is 8.23. The zero-order valence-corrected chi connectivity index (χ0v) is 10.3. The minimum Gasteiger partial charge on any atom is -0.338 e. The lowest BCUT2D eigenvalue weighted by atomic mass is 10.0. The molecule has 1 atom stereocenters. The third kappa shape index (κ3) is 2.47. The molecular weight excluding hydrogens is 247 g/mol. The molecule has 0 spiro atoms. The first-order valence-electron chi connectivity index (χ1n) is 6.12. The Kier molecular flexibility index (Phi) is 3.31. The lowest BCUT2D eigenvalue weighted by Crippen LogP contribution is -2.64. The van der Waals surface area contributed by atoms with E-state index in [1.807, 2.05) is 0 Å². The van der Waals surface area contributed by atoms with Gasteiger partial charge in [-0.1, -0.05) is 0 Å². The van der Waals surface area contributed by atoms with Crippen LogP contribution in [-0.2, 0) is 4.79 Å². The van der Waals surface area contributed by atoms with Crippen LogP contribution >= 0.6 is 0 Å². The van der Waals surface area contributed by atoms with Gasteiger partial charge in [0.1, 0.15) is 0 Å². The summed E-state index contributed by atoms with van der Waals surface area (Å²) >= 11 is 0. The van der Waals surface area contributed by atoms with Gasteiger partial charge in [0.15, 0.2) is 5.54 Å². The number of nitrogens with two attached hydrogens (primary N) is 1. The van der Waals surface area contributed by atoms with Gasteiger partial charge in [-0.2, -0.15) is 13.2 Å². The predicted molar refractivity (Wildman–Crippen MR) is 59.8 cm³/mol. The smallest absolute Gasteiger partial charge is 0.338 e. The zero-order chi connectivity index (χ0) is 13.6. The predicted octanol–water partition coefficient (Wildman–Crippen LogP) is 0.573. The number of piperazine rings is 1. The van der Waals surface area contributed by atoms with E-state index in [2.05, 4.69) is 4.90 Å². The Morgan fingerprint density at radius 1 is 1.17 bits per heavy atom. The van der Waals surface area contributed by atoms with Gasteiger partial charge >= 0.3 is 6.18 Å². The Hall–Kier alpha value is -0.820. The van der Waals surface area contributed by atoms with Crippen LogP contribution in [0.25, 0.3) is 0 Å². The molecule has 0 radical (unpaired) electrons. The van der Waals surface area contributed by atoms with Crippen molar-refractivity contribution >= 4 is 5.91 Å². The van der Waals surface area contributed by atoms with E-state index in [4.69, 9.17) is 5.73 Å². The number of hydrogen-bond acceptors (Lipinski definition) is 3. The SMILES string of the molecule is CC(N)(C(=O)N1CCN(C2CC2)CC1)C(F)(F)F. The van der Waals surface area contributed by atoms with Crippen LogP contribution in [0.15, 0.2) is 0 Å². The molecule has 0 aromatic rings. The van der Waals surface area contributed by atoms with Crippen molar-refractivity contribution in [3.8, 4) is 0 Å². The van der Waals surface area contributed by atoms with Crippen molar-refractivity contribution in [1.82, 2.24) is 9.80 Å². The van der Waals surface area contributed by atoms with E-state index < -0.39 is 17.6 Å². The van der Waals surface area contributed by atoms with Crippen LogP contribution in [0.2, 0.25) is 0 Å². The van der Waals surface area contributed by atoms with Crippen LogP contribution < -0.4 is 5.73 Å². The summed E-state index contributed by atoms with van der Waals surface area (Å²) in [6, 6.07) is 0.578. The fraction of sp³-hybridized carbons (Fsp3) is 0.909. The molecule has 1 saturated carbocycles. The van der Waals surface area contributed by atoms with E-state index in [0.29, 0.717) is 32.2 Å². The number of amides is 1. The van der Waals surface area contributed by atoms with E-state index in [0.717, 1.165) is 19.8 Å². The Morgan fingerprint density at radius 3 is 2.06 bits per heavy atom. The minimum absolute atomic E-state index is 0.332. The second-order valence-electron chi connectivity index (χ2n) is 5.26. The molecule has 1 amide bonds. The van der Waals surface area contributed by atoms with Crippen LogP contribution in [0.3, 0.4) is 0 Å². The summed E-state index contributed by atoms with van der Waals surface area (Å²) in [5.74, 6) is -1.02. The summed E-state index contributed by atoms with van der Waals surface area (Å²) < 4.78 is 38.0. The van der Waals surface area contributed by atoms with E-state index in [1.54, 1.807) is 0 Å². The van der Waals surface area contributed by atoms with Crippen molar-refractivity contribution in [1.29, 1.82) is 0 Å². The van der Waals surface area contributed by atoms with Crippen molar-refractivity contribution < 1.29 is 18.0 Å². The summed E-state index contributed by atoms with van der Waals surface area (Å²) in [5, 5.41) is 0. The first kappa shape index (κ1) is 13.6. The maximum atomic E-state index is 12.7. The molecule has 1 saturated heterocycles. The number of carbonyl (C=O) groups excluding carboxylic acids is 1. The molecule has 7 heteroatoms. The topological polar surface area (TPSA) is 49.6 Å². The van der Waals surface area contributed by atoms with Crippen LogP contribution in [0.5, 0.6) is 0 Å². The standard InChI is InChI=1S/C11H18F3N3O/c1-10(15,11(12,13)14)9(18)17-6-4-16(5-7-17)8-2-3-8/h8H,2-7,15H2,1H3. The van der Waals surface area contributed by atoms with E-state index >= 15 is 0 Å². The molecule has 2 rings (SSSR count). The maximum Gasteiger partial charge on any atom is 0.415 e. The van der Waals surface area contributed by atoms with Gasteiger partial charge < -0.3 is 10.6 Å². The lowest BCUT2D eigenvalue weighted by Gasteiger charge is -2.39. The Morgan fingerprint density at radius 2 is 1.67 bits per heavy atom. The van der Waals surface area contributed by atoms with Crippen LogP contribution in [0, 0.1) is 0 Å². The number of nitrogens with zero attached hydrogens (tertiary/aromatic N) is 2. The summed E-state index contributed by atoms with van der Waals surface area (Å²) in [4.78, 5) is 15.3. The lowest BCUT2D eigenvalue weighted by molar-refractivity contribution is -0.194. The summed E-state index contributed by atoms with van der Waals surface area (Å²) in [7, 11) is 0. The molecule has 104 valence electrons. The molecule has 1 heterocycles. The van der Waals surface area contributed by atoms with Crippen molar-refractivity contribution in [3.05, 3.63) is 0 Å². The highest BCUT2D eigenvalue weighted by Gasteiger charge is 2.55. The zero-order valence-electron chi connectivity index (χ0n) is 10.3. The fourth-order valence-corrected chi connectivity index (χ4v) is 2.18. The Balaban J connectivity index is 1.94. The van der Waals surface area contributed by atoms with Crippen molar-refractivity contribution in [3.63, 3.8) is 0 Å². The number of alkyl halides is 3. The monoisotopic (exact) mass is 265 g/mol. The third-order valence-corrected chi connectivity index (χ3v) is 3.70. The summed E-state index contributed by atoms with van der Waals surface area (Å²) in [6.45, 7) is 2.69. The van der Waals surface area contributed by atoms with Gasteiger partial charge in [-0.25, -0.2) is 0 Å². The van der Waals surface area contributed by atoms with Gasteiger partial charge in [0.05, 0.1) is 0 Å². The minimum atomic E-state index is -4.71. The molecule has 1 aliphatic heterocycles. The molecule has 4 nitrogen and oxygen atoms in total. The second kappa shape index (κ2) is 4.38. The summed E-state index contributed by atoms with van der Waals surface area (Å²) in [5.41, 5.74) is 2.36. The Labute approximate surface area is 104 Å². The van der Waals surface area contributed by atoms with E-state index in [9.17, 15) is 18.0 Å². The molecule has 2 aliphatic rings. The number of halogens is 3. The maximum absolute atomic E-state index is 12.7. The molecule has 1 unspecified atom stereocenters. The van der Waals surface area contributed by atoms with E-state index in [1.165, 1.54) is 4.90 Å². The normalized spacial score (nSPS) is 25.9. The average Bonchev–Trinajstić information content (AvgIpc) is 3.10. The van der Waals surface area contributed by atoms with Gasteiger partial charge in [0.25, 0.3) is 5.91 Å². The van der Waals surface area contributed by atoms with Crippen LogP contribution in [0.4, 0.5) is 13.2 Å². The highest BCUT2D eigenvalue weighted by Crippen LogP contribution is 2.31. The molecule has 18 heavy (non-hydrogen) atoms. The number of carbonyl (C=O) groups is 1. The Bertz CT molecular complexity index is 331. The highest BCUT2D eigenvalue weighted by atomic mass is 19.4. The number of hydrogen-bond donors (Lipinski definition) is 1. The van der Waals surface area contributed by atoms with Crippen LogP contribution in [0.1, 0.15) is 19.8 Å². The van der Waals surface area contributed by atoms with Gasteiger partial charge in [-0.05, 0) is 19.8 Å². The third-order valence-electron chi connectivity index (χ3n) is 3.70. The first-order valence-corrected chi connectivity index (χ1v) is 6.12. The molecule has 2 N–H and O–H groups in total. The largest absolute Gasteiger partial charge is 0.415 e. The molecule has 2 fully saturated rings. The second-order valence-corrected chi connectivity index (χ2v) is 5.26. The van der Waals surface area contributed by atoms with Gasteiger partial charge in [0.2, 0.25) is 0 Å². The van der Waals surface area contributed by atoms with Crippen molar-refractivity contribution in [2.75, 3.05) is 26.2 Å². The molecule has 1 aliphatic carbocycles. The van der Waals surface area contributed by atoms with Crippen molar-refractivity contribution in [2.24, 2.45) is 5.73 Å².